The Morgan fingerprint density at radius 2 is 1.89 bits per heavy atom. The highest BCUT2D eigenvalue weighted by atomic mass is 16.6. The molecule has 2 heterocycles. The molecule has 3 rings (SSSR count). The number of nitrogens with zero attached hydrogens (tertiary/aromatic N) is 1. The highest BCUT2D eigenvalue weighted by Gasteiger charge is 2.25. The summed E-state index contributed by atoms with van der Waals surface area (Å²) in [4.78, 5) is 2.47. The van der Waals surface area contributed by atoms with E-state index in [1.165, 1.54) is 12.8 Å². The first kappa shape index (κ1) is 12.8. The average molecular weight is 262 g/mol. The number of likely N-dealkylation sites (tertiary alicyclic amines) is 1. The van der Waals surface area contributed by atoms with Gasteiger partial charge in [-0.15, -0.1) is 0 Å². The van der Waals surface area contributed by atoms with Crippen LogP contribution in [0.5, 0.6) is 11.5 Å². The van der Waals surface area contributed by atoms with Gasteiger partial charge in [0.05, 0.1) is 0 Å². The van der Waals surface area contributed by atoms with Crippen LogP contribution >= 0.6 is 0 Å². The van der Waals surface area contributed by atoms with E-state index >= 15 is 0 Å². The fourth-order valence-corrected chi connectivity index (χ4v) is 2.85. The first-order valence-corrected chi connectivity index (χ1v) is 7.16. The normalized spacial score (nSPS) is 24.4. The lowest BCUT2D eigenvalue weighted by molar-refractivity contribution is 0.0483. The molecular formula is C15H22N2O2. The molecule has 0 bridgehead atoms. The van der Waals surface area contributed by atoms with Crippen LogP contribution in [0.1, 0.15) is 12.8 Å². The van der Waals surface area contributed by atoms with Crippen molar-refractivity contribution in [2.45, 2.75) is 18.9 Å². The Morgan fingerprint density at radius 3 is 2.63 bits per heavy atom. The van der Waals surface area contributed by atoms with Crippen molar-refractivity contribution < 1.29 is 9.47 Å². The zero-order valence-corrected chi connectivity index (χ0v) is 11.3. The molecule has 0 saturated carbocycles. The quantitative estimate of drug-likeness (QED) is 0.896. The molecule has 2 N–H and O–H groups in total. The topological polar surface area (TPSA) is 47.7 Å². The van der Waals surface area contributed by atoms with E-state index in [0.29, 0.717) is 12.5 Å². The van der Waals surface area contributed by atoms with Crippen LogP contribution in [0.2, 0.25) is 0 Å². The van der Waals surface area contributed by atoms with Crippen LogP contribution in [0, 0.1) is 5.92 Å². The SMILES string of the molecule is NCC1CCN(C[C@H]2COc3ccccc3O2)CC1. The standard InChI is InChI=1S/C15H22N2O2/c16-9-12-5-7-17(8-6-12)10-13-11-18-14-3-1-2-4-15(14)19-13/h1-4,12-13H,5-11,16H2/t13-/m0/s1. The molecule has 1 aromatic carbocycles. The summed E-state index contributed by atoms with van der Waals surface area (Å²) in [7, 11) is 0. The highest BCUT2D eigenvalue weighted by Crippen LogP contribution is 2.31. The fourth-order valence-electron chi connectivity index (χ4n) is 2.85. The summed E-state index contributed by atoms with van der Waals surface area (Å²) >= 11 is 0. The minimum atomic E-state index is 0.143. The van der Waals surface area contributed by atoms with Crippen molar-refractivity contribution in [3.63, 3.8) is 0 Å². The lowest BCUT2D eigenvalue weighted by Crippen LogP contribution is -2.44. The summed E-state index contributed by atoms with van der Waals surface area (Å²) < 4.78 is 11.7. The van der Waals surface area contributed by atoms with Crippen LogP contribution in [0.3, 0.4) is 0 Å². The molecule has 0 aromatic heterocycles. The smallest absolute Gasteiger partial charge is 0.161 e. The third kappa shape index (κ3) is 3.01. The van der Waals surface area contributed by atoms with Crippen LogP contribution in [0.25, 0.3) is 0 Å². The van der Waals surface area contributed by atoms with Crippen LogP contribution < -0.4 is 15.2 Å². The molecule has 4 heteroatoms. The summed E-state index contributed by atoms with van der Waals surface area (Å²) in [6.07, 6.45) is 2.56. The molecule has 1 saturated heterocycles. The number of fused-ring (bicyclic) bond motifs is 1. The average Bonchev–Trinajstić information content (AvgIpc) is 2.48. The third-order valence-electron chi connectivity index (χ3n) is 4.07. The Balaban J connectivity index is 1.52. The van der Waals surface area contributed by atoms with Crippen molar-refractivity contribution in [1.29, 1.82) is 0 Å². The molecule has 4 nitrogen and oxygen atoms in total. The van der Waals surface area contributed by atoms with Crippen molar-refractivity contribution in [3.05, 3.63) is 24.3 Å². The van der Waals surface area contributed by atoms with Crippen LogP contribution in [0.4, 0.5) is 0 Å². The monoisotopic (exact) mass is 262 g/mol. The van der Waals surface area contributed by atoms with Gasteiger partial charge in [0.2, 0.25) is 0 Å². The Kier molecular flexibility index (Phi) is 3.89. The summed E-state index contributed by atoms with van der Waals surface area (Å²) in [5.74, 6) is 2.44. The zero-order valence-electron chi connectivity index (χ0n) is 11.3. The van der Waals surface area contributed by atoms with Crippen molar-refractivity contribution in [2.75, 3.05) is 32.8 Å². The second-order valence-corrected chi connectivity index (χ2v) is 5.48. The van der Waals surface area contributed by atoms with Gasteiger partial charge in [0.25, 0.3) is 0 Å². The first-order chi connectivity index (χ1) is 9.35. The van der Waals surface area contributed by atoms with Gasteiger partial charge < -0.3 is 15.2 Å². The number of piperidine rings is 1. The molecule has 1 fully saturated rings. The number of hydrogen-bond donors (Lipinski definition) is 1. The lowest BCUT2D eigenvalue weighted by atomic mass is 9.97. The van der Waals surface area contributed by atoms with E-state index in [0.717, 1.165) is 37.7 Å². The number of benzene rings is 1. The van der Waals surface area contributed by atoms with Gasteiger partial charge in [0.1, 0.15) is 12.7 Å². The Labute approximate surface area is 114 Å². The molecule has 1 aromatic rings. The van der Waals surface area contributed by atoms with Gasteiger partial charge in [-0.2, -0.15) is 0 Å². The van der Waals surface area contributed by atoms with Crippen molar-refractivity contribution in [1.82, 2.24) is 4.90 Å². The molecular weight excluding hydrogens is 240 g/mol. The molecule has 0 amide bonds. The Morgan fingerprint density at radius 1 is 1.16 bits per heavy atom. The number of ether oxygens (including phenoxy) is 2. The van der Waals surface area contributed by atoms with Crippen molar-refractivity contribution in [2.24, 2.45) is 11.7 Å². The molecule has 0 spiro atoms. The minimum Gasteiger partial charge on any atom is -0.486 e. The second-order valence-electron chi connectivity index (χ2n) is 5.48. The van der Waals surface area contributed by atoms with Crippen LogP contribution in [0.15, 0.2) is 24.3 Å². The molecule has 0 radical (unpaired) electrons. The van der Waals surface area contributed by atoms with Crippen molar-refractivity contribution >= 4 is 0 Å². The molecule has 104 valence electrons. The predicted molar refractivity (Wildman–Crippen MR) is 74.6 cm³/mol. The largest absolute Gasteiger partial charge is 0.486 e. The highest BCUT2D eigenvalue weighted by molar-refractivity contribution is 5.40. The van der Waals surface area contributed by atoms with E-state index in [4.69, 9.17) is 15.2 Å². The molecule has 2 aliphatic rings. The van der Waals surface area contributed by atoms with Gasteiger partial charge in [-0.25, -0.2) is 0 Å². The maximum Gasteiger partial charge on any atom is 0.161 e. The van der Waals surface area contributed by atoms with Gasteiger partial charge in [-0.3, -0.25) is 4.90 Å². The third-order valence-corrected chi connectivity index (χ3v) is 4.07. The summed E-state index contributed by atoms with van der Waals surface area (Å²) in [6, 6.07) is 7.89. The Bertz CT molecular complexity index is 416. The molecule has 1 atom stereocenters. The number of rotatable bonds is 3. The van der Waals surface area contributed by atoms with E-state index in [-0.39, 0.29) is 6.10 Å². The fraction of sp³-hybridized carbons (Fsp3) is 0.600. The van der Waals surface area contributed by atoms with E-state index < -0.39 is 0 Å². The number of hydrogen-bond acceptors (Lipinski definition) is 4. The summed E-state index contributed by atoms with van der Waals surface area (Å²) in [6.45, 7) is 4.68. The molecule has 0 unspecified atom stereocenters. The molecule has 19 heavy (non-hydrogen) atoms. The second kappa shape index (κ2) is 5.80. The van der Waals surface area contributed by atoms with Gasteiger partial charge in [0.15, 0.2) is 11.5 Å². The minimum absolute atomic E-state index is 0.143. The van der Waals surface area contributed by atoms with E-state index in [2.05, 4.69) is 4.90 Å². The van der Waals surface area contributed by atoms with E-state index in [1.807, 2.05) is 24.3 Å². The first-order valence-electron chi connectivity index (χ1n) is 7.16. The summed E-state index contributed by atoms with van der Waals surface area (Å²) in [5.41, 5.74) is 5.72. The summed E-state index contributed by atoms with van der Waals surface area (Å²) in [5, 5.41) is 0. The molecule has 2 aliphatic heterocycles. The molecule has 0 aliphatic carbocycles. The van der Waals surface area contributed by atoms with Crippen molar-refractivity contribution in [3.8, 4) is 11.5 Å². The van der Waals surface area contributed by atoms with Gasteiger partial charge in [0, 0.05) is 6.54 Å². The van der Waals surface area contributed by atoms with Gasteiger partial charge in [-0.05, 0) is 50.5 Å². The van der Waals surface area contributed by atoms with Crippen LogP contribution in [-0.4, -0.2) is 43.8 Å². The lowest BCUT2D eigenvalue weighted by Gasteiger charge is -2.35. The zero-order chi connectivity index (χ0) is 13.1. The van der Waals surface area contributed by atoms with Gasteiger partial charge in [-0.1, -0.05) is 12.1 Å². The van der Waals surface area contributed by atoms with Gasteiger partial charge >= 0.3 is 0 Å². The number of nitrogens with two attached hydrogens (primary N) is 1. The van der Waals surface area contributed by atoms with Crippen LogP contribution in [-0.2, 0) is 0 Å². The predicted octanol–water partition coefficient (Wildman–Crippen LogP) is 1.50. The van der Waals surface area contributed by atoms with E-state index in [9.17, 15) is 0 Å². The maximum absolute atomic E-state index is 6.00. The Hall–Kier alpha value is -1.26. The maximum atomic E-state index is 6.00. The van der Waals surface area contributed by atoms with E-state index in [1.54, 1.807) is 0 Å². The number of para-hydroxylation sites is 2.